The van der Waals surface area contributed by atoms with Crippen molar-refractivity contribution in [1.29, 1.82) is 0 Å². The Hall–Kier alpha value is -3.40. The van der Waals surface area contributed by atoms with Gasteiger partial charge < -0.3 is 14.4 Å². The molecule has 1 aliphatic heterocycles. The number of alkyl halides is 3. The number of hydrogen-bond donors (Lipinski definition) is 1. The van der Waals surface area contributed by atoms with Crippen LogP contribution < -0.4 is 5.32 Å². The molecule has 1 saturated heterocycles. The van der Waals surface area contributed by atoms with Crippen molar-refractivity contribution in [3.05, 3.63) is 60.2 Å². The summed E-state index contributed by atoms with van der Waals surface area (Å²) in [5.74, 6) is -0.830. The summed E-state index contributed by atoms with van der Waals surface area (Å²) < 4.78 is 44.4. The third-order valence-corrected chi connectivity index (χ3v) is 6.00. The topological polar surface area (TPSA) is 72.0 Å². The average molecular weight is 456 g/mol. The van der Waals surface area contributed by atoms with Crippen LogP contribution in [0.3, 0.4) is 0 Å². The normalized spacial score (nSPS) is 15.9. The van der Waals surface area contributed by atoms with Gasteiger partial charge in [-0.25, -0.2) is 4.98 Å². The van der Waals surface area contributed by atoms with Gasteiger partial charge in [-0.3, -0.25) is 4.90 Å². The SMILES string of the molecule is Cn1cc(CN2CCC(Nc3ccc(-c4noc(C(F)(F)F)n4)cn3)CC2)c2ccccc21. The molecule has 0 atom stereocenters. The van der Waals surface area contributed by atoms with E-state index in [9.17, 15) is 13.2 Å². The summed E-state index contributed by atoms with van der Waals surface area (Å²) in [6.45, 7) is 2.87. The lowest BCUT2D eigenvalue weighted by Gasteiger charge is -2.32. The number of piperidine rings is 1. The Balaban J connectivity index is 1.16. The minimum atomic E-state index is -4.66. The molecule has 0 spiro atoms. The molecule has 3 aromatic heterocycles. The highest BCUT2D eigenvalue weighted by Crippen LogP contribution is 2.29. The largest absolute Gasteiger partial charge is 0.471 e. The van der Waals surface area contributed by atoms with Crippen molar-refractivity contribution in [3.63, 3.8) is 0 Å². The molecule has 0 bridgehead atoms. The van der Waals surface area contributed by atoms with Gasteiger partial charge >= 0.3 is 12.1 Å². The highest BCUT2D eigenvalue weighted by atomic mass is 19.4. The van der Waals surface area contributed by atoms with Crippen LogP contribution in [0.4, 0.5) is 19.0 Å². The van der Waals surface area contributed by atoms with E-state index in [4.69, 9.17) is 0 Å². The lowest BCUT2D eigenvalue weighted by Crippen LogP contribution is -2.38. The third-order valence-electron chi connectivity index (χ3n) is 6.00. The van der Waals surface area contributed by atoms with E-state index in [1.165, 1.54) is 22.7 Å². The van der Waals surface area contributed by atoms with Crippen molar-refractivity contribution in [2.75, 3.05) is 18.4 Å². The van der Waals surface area contributed by atoms with Gasteiger partial charge in [0.15, 0.2) is 0 Å². The molecule has 5 rings (SSSR count). The van der Waals surface area contributed by atoms with Gasteiger partial charge in [0.1, 0.15) is 5.82 Å². The summed E-state index contributed by atoms with van der Waals surface area (Å²) in [5.41, 5.74) is 2.95. The van der Waals surface area contributed by atoms with Gasteiger partial charge in [0.25, 0.3) is 0 Å². The van der Waals surface area contributed by atoms with Gasteiger partial charge in [0.05, 0.1) is 0 Å². The first-order valence-electron chi connectivity index (χ1n) is 10.8. The Kier molecular flexibility index (Phi) is 5.53. The van der Waals surface area contributed by atoms with Crippen molar-refractivity contribution in [3.8, 4) is 11.4 Å². The van der Waals surface area contributed by atoms with Crippen molar-refractivity contribution < 1.29 is 17.7 Å². The molecule has 7 nitrogen and oxygen atoms in total. The molecular weight excluding hydrogens is 433 g/mol. The van der Waals surface area contributed by atoms with E-state index >= 15 is 0 Å². The molecule has 33 heavy (non-hydrogen) atoms. The van der Waals surface area contributed by atoms with Crippen molar-refractivity contribution in [1.82, 2.24) is 24.6 Å². The fourth-order valence-electron chi connectivity index (χ4n) is 4.30. The maximum atomic E-state index is 12.6. The van der Waals surface area contributed by atoms with Gasteiger partial charge in [0.2, 0.25) is 5.82 Å². The van der Waals surface area contributed by atoms with Gasteiger partial charge in [-0.05, 0) is 36.6 Å². The lowest BCUT2D eigenvalue weighted by atomic mass is 10.0. The highest BCUT2D eigenvalue weighted by molar-refractivity contribution is 5.83. The summed E-state index contributed by atoms with van der Waals surface area (Å²) in [7, 11) is 2.08. The summed E-state index contributed by atoms with van der Waals surface area (Å²) in [5, 5.41) is 8.11. The molecule has 1 aliphatic rings. The molecule has 172 valence electrons. The fourth-order valence-corrected chi connectivity index (χ4v) is 4.30. The molecule has 0 amide bonds. The van der Waals surface area contributed by atoms with Crippen LogP contribution in [0.1, 0.15) is 24.3 Å². The summed E-state index contributed by atoms with van der Waals surface area (Å²) >= 11 is 0. The van der Waals surface area contributed by atoms with Crippen molar-refractivity contribution in [2.24, 2.45) is 7.05 Å². The summed E-state index contributed by atoms with van der Waals surface area (Å²) in [6, 6.07) is 12.1. The van der Waals surface area contributed by atoms with Gasteiger partial charge in [-0.15, -0.1) is 0 Å². The molecule has 0 unspecified atom stereocenters. The van der Waals surface area contributed by atoms with Crippen LogP contribution in [0.25, 0.3) is 22.3 Å². The first kappa shape index (κ1) is 21.4. The second kappa shape index (κ2) is 8.51. The average Bonchev–Trinajstić information content (AvgIpc) is 3.42. The maximum absolute atomic E-state index is 12.6. The number of fused-ring (bicyclic) bond motifs is 1. The fraction of sp³-hybridized carbons (Fsp3) is 0.348. The number of para-hydroxylation sites is 1. The van der Waals surface area contributed by atoms with Gasteiger partial charge in [-0.1, -0.05) is 23.4 Å². The molecule has 4 heterocycles. The Labute approximate surface area is 188 Å². The van der Waals surface area contributed by atoms with Crippen molar-refractivity contribution >= 4 is 16.7 Å². The molecule has 4 aromatic rings. The van der Waals surface area contributed by atoms with Crippen LogP contribution in [0.15, 0.2) is 53.3 Å². The zero-order valence-corrected chi connectivity index (χ0v) is 18.0. The lowest BCUT2D eigenvalue weighted by molar-refractivity contribution is -0.159. The predicted octanol–water partition coefficient (Wildman–Crippen LogP) is 4.72. The van der Waals surface area contributed by atoms with Crippen molar-refractivity contribution in [2.45, 2.75) is 31.6 Å². The van der Waals surface area contributed by atoms with Crippen LogP contribution in [0.2, 0.25) is 0 Å². The minimum Gasteiger partial charge on any atom is -0.367 e. The number of aromatic nitrogens is 4. The maximum Gasteiger partial charge on any atom is 0.471 e. The zero-order valence-electron chi connectivity index (χ0n) is 18.0. The van der Waals surface area contributed by atoms with E-state index in [2.05, 4.69) is 71.9 Å². The number of likely N-dealkylation sites (tertiary alicyclic amines) is 1. The molecule has 1 N–H and O–H groups in total. The number of halogens is 3. The van der Waals surface area contributed by atoms with Crippen LogP contribution in [-0.4, -0.2) is 43.7 Å². The quantitative estimate of drug-likeness (QED) is 0.469. The molecule has 10 heteroatoms. The number of anilines is 1. The highest BCUT2D eigenvalue weighted by Gasteiger charge is 2.38. The monoisotopic (exact) mass is 456 g/mol. The number of nitrogens with zero attached hydrogens (tertiary/aromatic N) is 5. The smallest absolute Gasteiger partial charge is 0.367 e. The first-order chi connectivity index (χ1) is 15.9. The van der Waals surface area contributed by atoms with E-state index in [0.717, 1.165) is 32.5 Å². The van der Waals surface area contributed by atoms with Crippen LogP contribution in [0.5, 0.6) is 0 Å². The zero-order chi connectivity index (χ0) is 23.0. The molecular formula is C23H23F3N6O. The predicted molar refractivity (Wildman–Crippen MR) is 117 cm³/mol. The standard InChI is InChI=1S/C23H23F3N6O/c1-31-13-16(18-4-2-3-5-19(18)31)14-32-10-8-17(9-11-32)28-20-7-6-15(12-27-20)21-29-22(33-30-21)23(24,25)26/h2-7,12-13,17H,8-11,14H2,1H3,(H,27,28). The third kappa shape index (κ3) is 4.56. The van der Waals surface area contributed by atoms with Crippen LogP contribution in [0, 0.1) is 0 Å². The molecule has 0 aliphatic carbocycles. The molecule has 1 fully saturated rings. The summed E-state index contributed by atoms with van der Waals surface area (Å²) in [4.78, 5) is 10.2. The van der Waals surface area contributed by atoms with E-state index in [1.54, 1.807) is 12.1 Å². The Morgan fingerprint density at radius 3 is 2.61 bits per heavy atom. The first-order valence-corrected chi connectivity index (χ1v) is 10.8. The number of pyridine rings is 1. The number of benzene rings is 1. The Morgan fingerprint density at radius 1 is 1.12 bits per heavy atom. The van der Waals surface area contributed by atoms with E-state index in [0.29, 0.717) is 11.4 Å². The van der Waals surface area contributed by atoms with Crippen LogP contribution >= 0.6 is 0 Å². The molecule has 0 radical (unpaired) electrons. The number of aryl methyl sites for hydroxylation is 1. The van der Waals surface area contributed by atoms with Crippen LogP contribution in [-0.2, 0) is 19.8 Å². The Morgan fingerprint density at radius 2 is 1.91 bits per heavy atom. The summed E-state index contributed by atoms with van der Waals surface area (Å²) in [6.07, 6.45) is 0.954. The molecule has 1 aromatic carbocycles. The number of rotatable bonds is 5. The van der Waals surface area contributed by atoms with Gasteiger partial charge in [-0.2, -0.15) is 18.2 Å². The second-order valence-corrected chi connectivity index (χ2v) is 8.33. The Bertz CT molecular complexity index is 1240. The number of hydrogen-bond acceptors (Lipinski definition) is 6. The number of nitrogens with one attached hydrogen (secondary N) is 1. The second-order valence-electron chi connectivity index (χ2n) is 8.33. The van der Waals surface area contributed by atoms with E-state index in [-0.39, 0.29) is 11.9 Å². The molecule has 0 saturated carbocycles. The van der Waals surface area contributed by atoms with Gasteiger partial charge in [0, 0.05) is 61.6 Å². The van der Waals surface area contributed by atoms with E-state index in [1.807, 2.05) is 0 Å². The minimum absolute atomic E-state index is 0.136. The van der Waals surface area contributed by atoms with E-state index < -0.39 is 12.1 Å².